The van der Waals surface area contributed by atoms with Gasteiger partial charge in [-0.15, -0.1) is 0 Å². The molecule has 2 aromatic heterocycles. The molecular formula is C24H23F3N6O. The summed E-state index contributed by atoms with van der Waals surface area (Å²) in [6, 6.07) is 8.11. The van der Waals surface area contributed by atoms with Crippen molar-refractivity contribution in [2.45, 2.75) is 44.4 Å². The Morgan fingerprint density at radius 3 is 2.62 bits per heavy atom. The number of halogens is 3. The maximum Gasteiger partial charge on any atom is 0.433 e. The van der Waals surface area contributed by atoms with E-state index in [0.29, 0.717) is 22.9 Å². The second kappa shape index (κ2) is 8.66. The third-order valence-corrected chi connectivity index (χ3v) is 6.59. The van der Waals surface area contributed by atoms with Crippen LogP contribution >= 0.6 is 0 Å². The number of nitrogens with one attached hydrogen (secondary N) is 1. The van der Waals surface area contributed by atoms with Crippen LogP contribution in [0.2, 0.25) is 0 Å². The second-order valence-corrected chi connectivity index (χ2v) is 8.77. The Labute approximate surface area is 194 Å². The predicted octanol–water partition coefficient (Wildman–Crippen LogP) is 4.37. The topological polar surface area (TPSA) is 83.9 Å². The maximum absolute atomic E-state index is 13.9. The van der Waals surface area contributed by atoms with Gasteiger partial charge in [0.1, 0.15) is 5.69 Å². The van der Waals surface area contributed by atoms with Crippen molar-refractivity contribution in [3.8, 4) is 11.4 Å². The number of alkyl halides is 3. The summed E-state index contributed by atoms with van der Waals surface area (Å²) >= 11 is 0. The smallest absolute Gasteiger partial charge is 0.352 e. The van der Waals surface area contributed by atoms with Gasteiger partial charge in [-0.3, -0.25) is 4.79 Å². The summed E-state index contributed by atoms with van der Waals surface area (Å²) in [6.07, 6.45) is 2.54. The summed E-state index contributed by atoms with van der Waals surface area (Å²) in [4.78, 5) is 31.9. The lowest BCUT2D eigenvalue weighted by atomic mass is 9.80. The molecule has 1 saturated carbocycles. The van der Waals surface area contributed by atoms with Crippen LogP contribution in [0.1, 0.15) is 40.9 Å². The SMILES string of the molecule is Cc1ccc(-c2ncccn2)c(C(=O)N2C3CC[C@@H]3C[C@H]2CNc2nccc(C(F)(F)F)n2)c1. The van der Waals surface area contributed by atoms with E-state index in [0.717, 1.165) is 37.1 Å². The number of aryl methyl sites for hydroxylation is 1. The van der Waals surface area contributed by atoms with Gasteiger partial charge in [-0.25, -0.2) is 19.9 Å². The van der Waals surface area contributed by atoms with Crippen LogP contribution in [0.5, 0.6) is 0 Å². The molecule has 7 nitrogen and oxygen atoms in total. The molecule has 2 aliphatic rings. The van der Waals surface area contributed by atoms with E-state index in [1.54, 1.807) is 18.5 Å². The summed E-state index contributed by atoms with van der Waals surface area (Å²) in [5.74, 6) is 0.646. The van der Waals surface area contributed by atoms with Crippen molar-refractivity contribution in [2.75, 3.05) is 11.9 Å². The van der Waals surface area contributed by atoms with Gasteiger partial charge < -0.3 is 10.2 Å². The molecular weight excluding hydrogens is 445 g/mol. The molecule has 1 aromatic carbocycles. The Morgan fingerprint density at radius 2 is 1.91 bits per heavy atom. The summed E-state index contributed by atoms with van der Waals surface area (Å²) in [5, 5.41) is 2.92. The van der Waals surface area contributed by atoms with Gasteiger partial charge in [0.05, 0.1) is 11.6 Å². The van der Waals surface area contributed by atoms with E-state index in [1.807, 2.05) is 30.0 Å². The largest absolute Gasteiger partial charge is 0.433 e. The number of benzene rings is 1. The van der Waals surface area contributed by atoms with E-state index in [-0.39, 0.29) is 30.5 Å². The third kappa shape index (κ3) is 4.20. The Morgan fingerprint density at radius 1 is 1.12 bits per heavy atom. The van der Waals surface area contributed by atoms with E-state index in [4.69, 9.17) is 0 Å². The first kappa shape index (κ1) is 22.2. The fourth-order valence-corrected chi connectivity index (χ4v) is 4.84. The lowest BCUT2D eigenvalue weighted by Gasteiger charge is -2.38. The molecule has 1 N–H and O–H groups in total. The number of carbonyl (C=O) groups is 1. The highest BCUT2D eigenvalue weighted by Crippen LogP contribution is 2.45. The quantitative estimate of drug-likeness (QED) is 0.599. The van der Waals surface area contributed by atoms with Gasteiger partial charge in [-0.1, -0.05) is 17.7 Å². The number of anilines is 1. The Balaban J connectivity index is 1.41. The second-order valence-electron chi connectivity index (χ2n) is 8.77. The number of nitrogens with zero attached hydrogens (tertiary/aromatic N) is 5. The van der Waals surface area contributed by atoms with Gasteiger partial charge in [0.25, 0.3) is 5.91 Å². The fraction of sp³-hybridized carbons (Fsp3) is 0.375. The highest BCUT2D eigenvalue weighted by molar-refractivity contribution is 6.01. The molecule has 1 amide bonds. The average molecular weight is 468 g/mol. The predicted molar refractivity (Wildman–Crippen MR) is 119 cm³/mol. The van der Waals surface area contributed by atoms with E-state index in [1.165, 1.54) is 0 Å². The van der Waals surface area contributed by atoms with E-state index in [9.17, 15) is 18.0 Å². The number of hydrogen-bond donors (Lipinski definition) is 1. The standard InChI is InChI=1S/C24H23F3N6O/c1-14-3-5-17(21-28-8-2-9-29-21)18(11-14)22(34)33-16(12-15-4-6-19(15)33)13-31-23-30-10-7-20(32-23)24(25,26)27/h2-3,5,7-11,15-16,19H,4,6,12-13H2,1H3,(H,30,31,32)/t15-,16+,19?/m1/s1. The van der Waals surface area contributed by atoms with Crippen molar-refractivity contribution >= 4 is 11.9 Å². The number of likely N-dealkylation sites (tertiary alicyclic amines) is 1. The molecule has 0 radical (unpaired) electrons. The van der Waals surface area contributed by atoms with E-state index >= 15 is 0 Å². The van der Waals surface area contributed by atoms with Crippen LogP contribution in [0.3, 0.4) is 0 Å². The molecule has 3 atom stereocenters. The number of carbonyl (C=O) groups excluding carboxylic acids is 1. The van der Waals surface area contributed by atoms with Gasteiger partial charge in [0, 0.05) is 36.7 Å². The molecule has 10 heteroatoms. The van der Waals surface area contributed by atoms with Gasteiger partial charge in [-0.2, -0.15) is 13.2 Å². The van der Waals surface area contributed by atoms with Crippen LogP contribution in [0.4, 0.5) is 19.1 Å². The Bertz CT molecular complexity index is 1200. The lowest BCUT2D eigenvalue weighted by molar-refractivity contribution is -0.141. The molecule has 0 bridgehead atoms. The molecule has 5 rings (SSSR count). The van der Waals surface area contributed by atoms with Crippen LogP contribution in [0.15, 0.2) is 48.9 Å². The third-order valence-electron chi connectivity index (χ3n) is 6.59. The highest BCUT2D eigenvalue weighted by Gasteiger charge is 2.48. The molecule has 1 aliphatic heterocycles. The maximum atomic E-state index is 13.9. The van der Waals surface area contributed by atoms with Crippen LogP contribution in [-0.4, -0.2) is 49.4 Å². The minimum Gasteiger partial charge on any atom is -0.352 e. The molecule has 34 heavy (non-hydrogen) atoms. The molecule has 0 spiro atoms. The zero-order chi connectivity index (χ0) is 23.9. The average Bonchev–Trinajstić information content (AvgIpc) is 3.06. The molecule has 1 saturated heterocycles. The summed E-state index contributed by atoms with van der Waals surface area (Å²) < 4.78 is 39.0. The van der Waals surface area contributed by atoms with Gasteiger partial charge in [0.15, 0.2) is 5.82 Å². The Kier molecular flexibility index (Phi) is 5.66. The zero-order valence-corrected chi connectivity index (χ0v) is 18.5. The summed E-state index contributed by atoms with van der Waals surface area (Å²) in [6.45, 7) is 2.19. The number of fused-ring (bicyclic) bond motifs is 1. The molecule has 2 fully saturated rings. The van der Waals surface area contributed by atoms with Crippen molar-refractivity contribution in [3.05, 3.63) is 65.7 Å². The van der Waals surface area contributed by atoms with E-state index < -0.39 is 11.9 Å². The number of amides is 1. The monoisotopic (exact) mass is 468 g/mol. The van der Waals surface area contributed by atoms with Crippen LogP contribution < -0.4 is 5.32 Å². The van der Waals surface area contributed by atoms with Crippen molar-refractivity contribution in [3.63, 3.8) is 0 Å². The zero-order valence-electron chi connectivity index (χ0n) is 18.5. The number of aromatic nitrogens is 4. The van der Waals surface area contributed by atoms with Crippen LogP contribution in [0.25, 0.3) is 11.4 Å². The van der Waals surface area contributed by atoms with Crippen molar-refractivity contribution in [1.29, 1.82) is 0 Å². The fourth-order valence-electron chi connectivity index (χ4n) is 4.84. The first-order valence-electron chi connectivity index (χ1n) is 11.2. The summed E-state index contributed by atoms with van der Waals surface area (Å²) in [7, 11) is 0. The van der Waals surface area contributed by atoms with E-state index in [2.05, 4.69) is 25.3 Å². The minimum atomic E-state index is -4.55. The normalized spacial score (nSPS) is 21.6. The lowest BCUT2D eigenvalue weighted by Crippen LogP contribution is -2.47. The van der Waals surface area contributed by atoms with Gasteiger partial charge >= 0.3 is 6.18 Å². The molecule has 1 unspecified atom stereocenters. The van der Waals surface area contributed by atoms with Gasteiger partial charge in [-0.05, 0) is 50.3 Å². The van der Waals surface area contributed by atoms with Gasteiger partial charge in [0.2, 0.25) is 5.95 Å². The first-order valence-corrected chi connectivity index (χ1v) is 11.2. The van der Waals surface area contributed by atoms with Crippen molar-refractivity contribution in [1.82, 2.24) is 24.8 Å². The van der Waals surface area contributed by atoms with Crippen molar-refractivity contribution in [2.24, 2.45) is 5.92 Å². The first-order chi connectivity index (χ1) is 16.3. The van der Waals surface area contributed by atoms with Crippen molar-refractivity contribution < 1.29 is 18.0 Å². The number of hydrogen-bond acceptors (Lipinski definition) is 6. The molecule has 3 aromatic rings. The Hall–Kier alpha value is -3.56. The number of rotatable bonds is 5. The molecule has 1 aliphatic carbocycles. The minimum absolute atomic E-state index is 0.101. The molecule has 3 heterocycles. The van der Waals surface area contributed by atoms with Crippen LogP contribution in [0, 0.1) is 12.8 Å². The molecule has 176 valence electrons. The highest BCUT2D eigenvalue weighted by atomic mass is 19.4. The van der Waals surface area contributed by atoms with Crippen LogP contribution in [-0.2, 0) is 6.18 Å². The summed E-state index contributed by atoms with van der Waals surface area (Å²) in [5.41, 5.74) is 1.13.